The molecule has 1 unspecified atom stereocenters. The van der Waals surface area contributed by atoms with Crippen LogP contribution in [0.25, 0.3) is 0 Å². The van der Waals surface area contributed by atoms with E-state index in [0.717, 1.165) is 0 Å². The maximum Gasteiger partial charge on any atom is 0.224 e. The normalized spacial score (nSPS) is 12.5. The second kappa shape index (κ2) is 6.28. The lowest BCUT2D eigenvalue weighted by atomic mass is 9.98. The van der Waals surface area contributed by atoms with E-state index in [1.807, 2.05) is 6.07 Å². The van der Waals surface area contributed by atoms with Crippen molar-refractivity contribution in [3.8, 4) is 5.75 Å². The highest BCUT2D eigenvalue weighted by atomic mass is 16.3. The molecule has 2 N–H and O–H groups in total. The van der Waals surface area contributed by atoms with Gasteiger partial charge in [0.1, 0.15) is 5.75 Å². The number of phenolic OH excluding ortho intramolecular Hbond substituents is 1. The zero-order chi connectivity index (χ0) is 12.8. The number of amides is 1. The van der Waals surface area contributed by atoms with E-state index in [0.29, 0.717) is 23.9 Å². The first-order valence-electron chi connectivity index (χ1n) is 6.04. The Hall–Kier alpha value is -1.51. The van der Waals surface area contributed by atoms with E-state index >= 15 is 0 Å². The highest BCUT2D eigenvalue weighted by molar-refractivity contribution is 5.79. The summed E-state index contributed by atoms with van der Waals surface area (Å²) in [4.78, 5) is 11.7. The zero-order valence-electron chi connectivity index (χ0n) is 10.7. The molecule has 1 atom stereocenters. The molecule has 0 aromatic heterocycles. The maximum absolute atomic E-state index is 11.7. The summed E-state index contributed by atoms with van der Waals surface area (Å²) in [5, 5.41) is 12.4. The second-order valence-electron chi connectivity index (χ2n) is 4.83. The van der Waals surface area contributed by atoms with Crippen molar-refractivity contribution in [3.63, 3.8) is 0 Å². The van der Waals surface area contributed by atoms with Crippen LogP contribution in [0.3, 0.4) is 0 Å². The van der Waals surface area contributed by atoms with Crippen LogP contribution in [0.4, 0.5) is 0 Å². The summed E-state index contributed by atoms with van der Waals surface area (Å²) in [6, 6.07) is 6.93. The van der Waals surface area contributed by atoms with E-state index in [4.69, 9.17) is 0 Å². The first-order valence-corrected chi connectivity index (χ1v) is 6.04. The van der Waals surface area contributed by atoms with E-state index in [9.17, 15) is 9.90 Å². The van der Waals surface area contributed by atoms with Crippen LogP contribution in [0.15, 0.2) is 24.3 Å². The van der Waals surface area contributed by atoms with Gasteiger partial charge in [0.05, 0.1) is 6.42 Å². The lowest BCUT2D eigenvalue weighted by Crippen LogP contribution is -2.31. The fourth-order valence-electron chi connectivity index (χ4n) is 1.41. The van der Waals surface area contributed by atoms with Gasteiger partial charge in [-0.05, 0) is 17.9 Å². The minimum absolute atomic E-state index is 0.0426. The topological polar surface area (TPSA) is 49.3 Å². The molecule has 94 valence electrons. The van der Waals surface area contributed by atoms with Crippen LogP contribution in [0.2, 0.25) is 0 Å². The molecule has 1 aromatic carbocycles. The maximum atomic E-state index is 11.7. The van der Waals surface area contributed by atoms with Crippen molar-refractivity contribution in [2.45, 2.75) is 27.2 Å². The monoisotopic (exact) mass is 235 g/mol. The van der Waals surface area contributed by atoms with Gasteiger partial charge < -0.3 is 10.4 Å². The quantitative estimate of drug-likeness (QED) is 0.823. The van der Waals surface area contributed by atoms with E-state index in [2.05, 4.69) is 26.1 Å². The number of nitrogens with one attached hydrogen (secondary N) is 1. The number of benzene rings is 1. The number of rotatable bonds is 5. The van der Waals surface area contributed by atoms with Gasteiger partial charge in [0, 0.05) is 12.1 Å². The molecule has 1 rings (SSSR count). The number of aromatic hydroxyl groups is 1. The smallest absolute Gasteiger partial charge is 0.224 e. The Labute approximate surface area is 103 Å². The molecule has 0 spiro atoms. The fourth-order valence-corrected chi connectivity index (χ4v) is 1.41. The van der Waals surface area contributed by atoms with E-state index < -0.39 is 0 Å². The lowest BCUT2D eigenvalue weighted by molar-refractivity contribution is -0.120. The predicted molar refractivity (Wildman–Crippen MR) is 68.8 cm³/mol. The highest BCUT2D eigenvalue weighted by Crippen LogP contribution is 2.16. The standard InChI is InChI=1S/C14H21NO2/c1-10(2)11(3)9-15-14(17)8-12-6-4-5-7-13(12)16/h4-7,10-11,16H,8-9H2,1-3H3,(H,15,17). The Morgan fingerprint density at radius 1 is 1.29 bits per heavy atom. The van der Waals surface area contributed by atoms with Crippen molar-refractivity contribution in [3.05, 3.63) is 29.8 Å². The van der Waals surface area contributed by atoms with Crippen molar-refractivity contribution >= 4 is 5.91 Å². The van der Waals surface area contributed by atoms with Crippen LogP contribution in [0, 0.1) is 11.8 Å². The first kappa shape index (κ1) is 13.6. The van der Waals surface area contributed by atoms with Crippen LogP contribution in [0.5, 0.6) is 5.75 Å². The third kappa shape index (κ3) is 4.47. The highest BCUT2D eigenvalue weighted by Gasteiger charge is 2.10. The fraction of sp³-hybridized carbons (Fsp3) is 0.500. The Bertz CT molecular complexity index is 374. The van der Waals surface area contributed by atoms with E-state index in [1.165, 1.54) is 0 Å². The molecule has 3 nitrogen and oxygen atoms in total. The molecule has 0 heterocycles. The molecule has 0 bridgehead atoms. The lowest BCUT2D eigenvalue weighted by Gasteiger charge is -2.16. The summed E-state index contributed by atoms with van der Waals surface area (Å²) < 4.78 is 0. The minimum atomic E-state index is -0.0426. The Balaban J connectivity index is 2.43. The number of carbonyl (C=O) groups excluding carboxylic acids is 1. The minimum Gasteiger partial charge on any atom is -0.508 e. The molecule has 17 heavy (non-hydrogen) atoms. The molecule has 0 fully saturated rings. The number of carbonyl (C=O) groups is 1. The van der Waals surface area contributed by atoms with Gasteiger partial charge in [-0.1, -0.05) is 39.0 Å². The molecule has 0 aliphatic heterocycles. The van der Waals surface area contributed by atoms with Crippen LogP contribution >= 0.6 is 0 Å². The Morgan fingerprint density at radius 2 is 1.94 bits per heavy atom. The number of para-hydroxylation sites is 1. The summed E-state index contributed by atoms with van der Waals surface area (Å²) in [6.07, 6.45) is 0.234. The molecular formula is C14H21NO2. The summed E-state index contributed by atoms with van der Waals surface area (Å²) in [5.74, 6) is 1.15. The molecule has 0 aliphatic rings. The predicted octanol–water partition coefficient (Wildman–Crippen LogP) is 2.34. The SMILES string of the molecule is CC(C)C(C)CNC(=O)Cc1ccccc1O. The second-order valence-corrected chi connectivity index (χ2v) is 4.83. The molecule has 3 heteroatoms. The summed E-state index contributed by atoms with van der Waals surface area (Å²) in [6.45, 7) is 7.08. The molecule has 1 amide bonds. The third-order valence-electron chi connectivity index (χ3n) is 3.10. The van der Waals surface area contributed by atoms with Gasteiger partial charge >= 0.3 is 0 Å². The Kier molecular flexibility index (Phi) is 5.01. The van der Waals surface area contributed by atoms with Gasteiger partial charge in [-0.2, -0.15) is 0 Å². The molecule has 0 saturated carbocycles. The average molecular weight is 235 g/mol. The average Bonchev–Trinajstić information content (AvgIpc) is 2.29. The molecule has 0 radical (unpaired) electrons. The third-order valence-corrected chi connectivity index (χ3v) is 3.10. The van der Waals surface area contributed by atoms with Gasteiger partial charge in [-0.25, -0.2) is 0 Å². The van der Waals surface area contributed by atoms with Crippen LogP contribution < -0.4 is 5.32 Å². The zero-order valence-corrected chi connectivity index (χ0v) is 10.7. The number of hydrogen-bond acceptors (Lipinski definition) is 2. The van der Waals surface area contributed by atoms with Gasteiger partial charge in [0.25, 0.3) is 0 Å². The van der Waals surface area contributed by atoms with Crippen molar-refractivity contribution in [1.29, 1.82) is 0 Å². The number of phenols is 1. The summed E-state index contributed by atoms with van der Waals surface area (Å²) >= 11 is 0. The van der Waals surface area contributed by atoms with Gasteiger partial charge in [0.15, 0.2) is 0 Å². The Morgan fingerprint density at radius 3 is 2.53 bits per heavy atom. The van der Waals surface area contributed by atoms with E-state index in [-0.39, 0.29) is 18.1 Å². The summed E-state index contributed by atoms with van der Waals surface area (Å²) in [7, 11) is 0. The number of hydrogen-bond donors (Lipinski definition) is 2. The van der Waals surface area contributed by atoms with Gasteiger partial charge in [-0.3, -0.25) is 4.79 Å². The molecular weight excluding hydrogens is 214 g/mol. The van der Waals surface area contributed by atoms with Crippen molar-refractivity contribution < 1.29 is 9.90 Å². The van der Waals surface area contributed by atoms with Crippen LogP contribution in [0.1, 0.15) is 26.3 Å². The van der Waals surface area contributed by atoms with Crippen molar-refractivity contribution in [2.24, 2.45) is 11.8 Å². The van der Waals surface area contributed by atoms with Crippen molar-refractivity contribution in [2.75, 3.05) is 6.54 Å². The van der Waals surface area contributed by atoms with Gasteiger partial charge in [0.2, 0.25) is 5.91 Å². The largest absolute Gasteiger partial charge is 0.508 e. The van der Waals surface area contributed by atoms with Crippen LogP contribution in [-0.2, 0) is 11.2 Å². The van der Waals surface area contributed by atoms with Gasteiger partial charge in [-0.15, -0.1) is 0 Å². The first-order chi connectivity index (χ1) is 8.00. The molecule has 1 aromatic rings. The molecule has 0 saturated heterocycles. The summed E-state index contributed by atoms with van der Waals surface area (Å²) in [5.41, 5.74) is 0.669. The van der Waals surface area contributed by atoms with Crippen LogP contribution in [-0.4, -0.2) is 17.6 Å². The molecule has 0 aliphatic carbocycles. The van der Waals surface area contributed by atoms with Crippen molar-refractivity contribution in [1.82, 2.24) is 5.32 Å². The van der Waals surface area contributed by atoms with E-state index in [1.54, 1.807) is 18.2 Å².